The molecule has 2 heterocycles. The molecule has 3 N–H and O–H groups in total. The summed E-state index contributed by atoms with van der Waals surface area (Å²) >= 11 is 0. The van der Waals surface area contributed by atoms with Crippen molar-refractivity contribution in [1.29, 1.82) is 0 Å². The molecule has 0 aliphatic rings. The first-order chi connectivity index (χ1) is 9.52. The summed E-state index contributed by atoms with van der Waals surface area (Å²) in [6.07, 6.45) is 3.90. The van der Waals surface area contributed by atoms with Crippen LogP contribution in [0.3, 0.4) is 0 Å². The molecule has 7 heteroatoms. The predicted octanol–water partition coefficient (Wildman–Crippen LogP) is 1.03. The van der Waals surface area contributed by atoms with Crippen LogP contribution in [-0.4, -0.2) is 20.7 Å². The van der Waals surface area contributed by atoms with Crippen LogP contribution in [0.5, 0.6) is 0 Å². The summed E-state index contributed by atoms with van der Waals surface area (Å²) in [5.41, 5.74) is 7.04. The van der Waals surface area contributed by atoms with Gasteiger partial charge in [0.1, 0.15) is 0 Å². The number of aryl methyl sites for hydroxylation is 2. The Bertz CT molecular complexity index is 638. The molecular formula is C13H16FN5O. The van der Waals surface area contributed by atoms with Crippen molar-refractivity contribution in [3.8, 4) is 0 Å². The molecule has 0 fully saturated rings. The molecule has 0 saturated carbocycles. The van der Waals surface area contributed by atoms with Crippen molar-refractivity contribution in [2.45, 2.75) is 19.9 Å². The Balaban J connectivity index is 2.10. The second-order valence-electron chi connectivity index (χ2n) is 4.37. The minimum absolute atomic E-state index is 0.112. The summed E-state index contributed by atoms with van der Waals surface area (Å²) in [7, 11) is 1.81. The summed E-state index contributed by atoms with van der Waals surface area (Å²) in [5, 5.41) is 6.93. The maximum atomic E-state index is 13.7. The molecule has 2 aromatic rings. The van der Waals surface area contributed by atoms with Gasteiger partial charge in [-0.1, -0.05) is 6.92 Å². The number of aromatic nitrogens is 3. The summed E-state index contributed by atoms with van der Waals surface area (Å²) in [6.45, 7) is 2.27. The van der Waals surface area contributed by atoms with Crippen molar-refractivity contribution >= 4 is 11.7 Å². The van der Waals surface area contributed by atoms with Gasteiger partial charge in [-0.05, 0) is 12.5 Å². The van der Waals surface area contributed by atoms with Crippen LogP contribution in [0, 0.1) is 5.82 Å². The topological polar surface area (TPSA) is 85.8 Å². The third kappa shape index (κ3) is 2.76. The van der Waals surface area contributed by atoms with E-state index in [0.29, 0.717) is 0 Å². The van der Waals surface area contributed by atoms with Gasteiger partial charge in [0.05, 0.1) is 11.3 Å². The number of hydrogen-bond acceptors (Lipinski definition) is 4. The van der Waals surface area contributed by atoms with Crippen molar-refractivity contribution in [3.63, 3.8) is 0 Å². The second kappa shape index (κ2) is 5.68. The number of carbonyl (C=O) groups excluding carboxylic acids is 1. The molecule has 2 rings (SSSR count). The number of nitrogens with zero attached hydrogens (tertiary/aromatic N) is 3. The number of anilines is 1. The average Bonchev–Trinajstić information content (AvgIpc) is 2.79. The zero-order valence-electron chi connectivity index (χ0n) is 11.4. The van der Waals surface area contributed by atoms with E-state index in [4.69, 9.17) is 5.73 Å². The van der Waals surface area contributed by atoms with Crippen molar-refractivity contribution in [1.82, 2.24) is 20.1 Å². The lowest BCUT2D eigenvalue weighted by atomic mass is 10.2. The zero-order chi connectivity index (χ0) is 14.7. The molecule has 0 unspecified atom stereocenters. The van der Waals surface area contributed by atoms with Crippen molar-refractivity contribution in [3.05, 3.63) is 41.1 Å². The molecule has 6 nitrogen and oxygen atoms in total. The lowest BCUT2D eigenvalue weighted by Gasteiger charge is -2.06. The van der Waals surface area contributed by atoms with Crippen LogP contribution in [0.1, 0.15) is 28.5 Å². The summed E-state index contributed by atoms with van der Waals surface area (Å²) in [4.78, 5) is 15.5. The lowest BCUT2D eigenvalue weighted by Crippen LogP contribution is -2.24. The molecule has 0 spiro atoms. The number of nitrogen functional groups attached to an aromatic ring is 1. The van der Waals surface area contributed by atoms with E-state index in [9.17, 15) is 9.18 Å². The maximum Gasteiger partial charge on any atom is 0.254 e. The zero-order valence-corrected chi connectivity index (χ0v) is 11.4. The number of amides is 1. The Kier molecular flexibility index (Phi) is 3.97. The van der Waals surface area contributed by atoms with Gasteiger partial charge in [0, 0.05) is 31.5 Å². The number of nitrogens with one attached hydrogen (secondary N) is 1. The van der Waals surface area contributed by atoms with Gasteiger partial charge in [-0.3, -0.25) is 9.48 Å². The van der Waals surface area contributed by atoms with Crippen LogP contribution < -0.4 is 11.1 Å². The van der Waals surface area contributed by atoms with E-state index in [2.05, 4.69) is 15.4 Å². The maximum absolute atomic E-state index is 13.7. The first-order valence-electron chi connectivity index (χ1n) is 6.22. The molecule has 2 aromatic heterocycles. The third-order valence-electron chi connectivity index (χ3n) is 2.93. The van der Waals surface area contributed by atoms with E-state index in [1.807, 2.05) is 20.2 Å². The van der Waals surface area contributed by atoms with E-state index >= 15 is 0 Å². The van der Waals surface area contributed by atoms with Gasteiger partial charge in [0.25, 0.3) is 5.91 Å². The number of hydrogen-bond donors (Lipinski definition) is 2. The predicted molar refractivity (Wildman–Crippen MR) is 72.4 cm³/mol. The molecule has 20 heavy (non-hydrogen) atoms. The average molecular weight is 277 g/mol. The molecule has 0 atom stereocenters. The molecular weight excluding hydrogens is 261 g/mol. The molecule has 106 valence electrons. The Morgan fingerprint density at radius 2 is 2.30 bits per heavy atom. The van der Waals surface area contributed by atoms with Crippen molar-refractivity contribution in [2.24, 2.45) is 7.05 Å². The highest BCUT2D eigenvalue weighted by molar-refractivity contribution is 5.95. The van der Waals surface area contributed by atoms with Gasteiger partial charge in [-0.15, -0.1) is 0 Å². The second-order valence-corrected chi connectivity index (χ2v) is 4.37. The molecule has 0 saturated heterocycles. The smallest absolute Gasteiger partial charge is 0.254 e. The number of rotatable bonds is 4. The molecule has 1 amide bonds. The highest BCUT2D eigenvalue weighted by Crippen LogP contribution is 2.12. The fourth-order valence-electron chi connectivity index (χ4n) is 1.93. The Morgan fingerprint density at radius 3 is 3.00 bits per heavy atom. The fraction of sp³-hybridized carbons (Fsp3) is 0.308. The first-order valence-corrected chi connectivity index (χ1v) is 6.22. The summed E-state index contributed by atoms with van der Waals surface area (Å²) in [6, 6.07) is 1.30. The highest BCUT2D eigenvalue weighted by Gasteiger charge is 2.15. The van der Waals surface area contributed by atoms with Crippen molar-refractivity contribution < 1.29 is 9.18 Å². The fourth-order valence-corrected chi connectivity index (χ4v) is 1.93. The number of halogens is 1. The summed E-state index contributed by atoms with van der Waals surface area (Å²) in [5.74, 6) is -1.61. The lowest BCUT2D eigenvalue weighted by molar-refractivity contribution is 0.0946. The normalized spacial score (nSPS) is 10.6. The van der Waals surface area contributed by atoms with Gasteiger partial charge in [0.15, 0.2) is 11.6 Å². The van der Waals surface area contributed by atoms with E-state index in [-0.39, 0.29) is 17.9 Å². The van der Waals surface area contributed by atoms with Crippen LogP contribution >= 0.6 is 0 Å². The van der Waals surface area contributed by atoms with Gasteiger partial charge in [-0.2, -0.15) is 5.10 Å². The number of pyridine rings is 1. The largest absolute Gasteiger partial charge is 0.381 e. The van der Waals surface area contributed by atoms with Gasteiger partial charge in [0.2, 0.25) is 0 Å². The number of carbonyl (C=O) groups is 1. The number of nitrogens with two attached hydrogens (primary N) is 1. The van der Waals surface area contributed by atoms with E-state index in [0.717, 1.165) is 17.7 Å². The SMILES string of the molecule is CCc1nn(C)cc1CNC(=O)c1ccnc(N)c1F. The Morgan fingerprint density at radius 1 is 1.55 bits per heavy atom. The molecule has 0 aromatic carbocycles. The van der Waals surface area contributed by atoms with Crippen LogP contribution in [0.4, 0.5) is 10.2 Å². The third-order valence-corrected chi connectivity index (χ3v) is 2.93. The van der Waals surface area contributed by atoms with Gasteiger partial charge < -0.3 is 11.1 Å². The molecule has 0 aliphatic heterocycles. The standard InChI is InChI=1S/C13H16FN5O/c1-3-10-8(7-19(2)18-10)6-17-13(20)9-4-5-16-12(15)11(9)14/h4-5,7H,3,6H2,1-2H3,(H2,15,16)(H,17,20). The van der Waals surface area contributed by atoms with Crippen LogP contribution in [0.15, 0.2) is 18.5 Å². The Hall–Kier alpha value is -2.44. The van der Waals surface area contributed by atoms with Gasteiger partial charge in [-0.25, -0.2) is 9.37 Å². The molecule has 0 bridgehead atoms. The van der Waals surface area contributed by atoms with E-state index in [1.54, 1.807) is 4.68 Å². The molecule has 0 radical (unpaired) electrons. The van der Waals surface area contributed by atoms with Crippen LogP contribution in [-0.2, 0) is 20.0 Å². The highest BCUT2D eigenvalue weighted by atomic mass is 19.1. The van der Waals surface area contributed by atoms with Crippen LogP contribution in [0.25, 0.3) is 0 Å². The Labute approximate surface area is 115 Å². The monoisotopic (exact) mass is 277 g/mol. The minimum atomic E-state index is -0.799. The van der Waals surface area contributed by atoms with Crippen molar-refractivity contribution in [2.75, 3.05) is 5.73 Å². The molecule has 0 aliphatic carbocycles. The van der Waals surface area contributed by atoms with E-state index < -0.39 is 11.7 Å². The first kappa shape index (κ1) is 14.0. The van der Waals surface area contributed by atoms with Crippen LogP contribution in [0.2, 0.25) is 0 Å². The van der Waals surface area contributed by atoms with E-state index in [1.165, 1.54) is 12.3 Å². The minimum Gasteiger partial charge on any atom is -0.381 e. The summed E-state index contributed by atoms with van der Waals surface area (Å²) < 4.78 is 15.3. The van der Waals surface area contributed by atoms with Gasteiger partial charge >= 0.3 is 0 Å². The quantitative estimate of drug-likeness (QED) is 0.874.